The average Bonchev–Trinajstić information content (AvgIpc) is 2.65. The summed E-state index contributed by atoms with van der Waals surface area (Å²) >= 11 is 0. The Labute approximate surface area is 123 Å². The van der Waals surface area contributed by atoms with Crippen molar-refractivity contribution in [3.8, 4) is 0 Å². The lowest BCUT2D eigenvalue weighted by Crippen LogP contribution is -2.54. The average molecular weight is 293 g/mol. The number of hydrogen-bond acceptors (Lipinski definition) is 2. The van der Waals surface area contributed by atoms with Crippen molar-refractivity contribution in [1.82, 2.24) is 5.32 Å². The van der Waals surface area contributed by atoms with E-state index in [2.05, 4.69) is 5.32 Å². The molecule has 1 fully saturated rings. The van der Waals surface area contributed by atoms with Gasteiger partial charge in [0.25, 0.3) is 0 Å². The van der Waals surface area contributed by atoms with Crippen LogP contribution in [0.4, 0.5) is 4.39 Å². The third-order valence-electron chi connectivity index (χ3n) is 4.00. The van der Waals surface area contributed by atoms with Crippen LogP contribution in [-0.4, -0.2) is 22.5 Å². The molecule has 0 unspecified atom stereocenters. The van der Waals surface area contributed by atoms with E-state index in [1.807, 2.05) is 0 Å². The van der Waals surface area contributed by atoms with Crippen molar-refractivity contribution >= 4 is 11.9 Å². The van der Waals surface area contributed by atoms with E-state index < -0.39 is 17.3 Å². The molecule has 21 heavy (non-hydrogen) atoms. The number of amides is 1. The predicted molar refractivity (Wildman–Crippen MR) is 76.3 cm³/mol. The second-order valence-electron chi connectivity index (χ2n) is 5.66. The maximum atomic E-state index is 13.1. The first-order valence-electron chi connectivity index (χ1n) is 7.31. The highest BCUT2D eigenvalue weighted by molar-refractivity contribution is 5.88. The maximum Gasteiger partial charge on any atom is 0.329 e. The molecule has 2 rings (SSSR count). The molecule has 4 nitrogen and oxygen atoms in total. The lowest BCUT2D eigenvalue weighted by atomic mass is 9.90. The molecular weight excluding hydrogens is 273 g/mol. The Morgan fingerprint density at radius 3 is 2.43 bits per heavy atom. The fourth-order valence-electron chi connectivity index (χ4n) is 2.87. The second kappa shape index (κ2) is 6.70. The minimum Gasteiger partial charge on any atom is -0.480 e. The SMILES string of the molecule is O=C(Cc1cccc(F)c1)NC1(C(=O)O)CCCCCC1. The molecule has 1 amide bonds. The summed E-state index contributed by atoms with van der Waals surface area (Å²) in [6, 6.07) is 5.80. The first-order valence-corrected chi connectivity index (χ1v) is 7.31. The van der Waals surface area contributed by atoms with E-state index in [0.29, 0.717) is 18.4 Å². The summed E-state index contributed by atoms with van der Waals surface area (Å²) in [5.74, 6) is -1.75. The van der Waals surface area contributed by atoms with Crippen molar-refractivity contribution in [2.24, 2.45) is 0 Å². The third kappa shape index (κ3) is 4.03. The lowest BCUT2D eigenvalue weighted by molar-refractivity contribution is -0.148. The van der Waals surface area contributed by atoms with Crippen LogP contribution in [0, 0.1) is 5.82 Å². The summed E-state index contributed by atoms with van der Waals surface area (Å²) < 4.78 is 13.1. The van der Waals surface area contributed by atoms with Gasteiger partial charge >= 0.3 is 5.97 Å². The number of carboxylic acid groups (broad SMARTS) is 1. The summed E-state index contributed by atoms with van der Waals surface area (Å²) in [4.78, 5) is 23.7. The van der Waals surface area contributed by atoms with Crippen LogP contribution in [0.2, 0.25) is 0 Å². The van der Waals surface area contributed by atoms with Gasteiger partial charge in [0.2, 0.25) is 5.91 Å². The Bertz CT molecular complexity index is 522. The molecule has 0 saturated heterocycles. The monoisotopic (exact) mass is 293 g/mol. The highest BCUT2D eigenvalue weighted by Crippen LogP contribution is 2.27. The van der Waals surface area contributed by atoms with Gasteiger partial charge in [0.05, 0.1) is 6.42 Å². The predicted octanol–water partition coefficient (Wildman–Crippen LogP) is 2.66. The van der Waals surface area contributed by atoms with E-state index in [4.69, 9.17) is 0 Å². The number of hydrogen-bond donors (Lipinski definition) is 2. The fourth-order valence-corrected chi connectivity index (χ4v) is 2.87. The maximum absolute atomic E-state index is 13.1. The first kappa shape index (κ1) is 15.5. The molecule has 2 N–H and O–H groups in total. The van der Waals surface area contributed by atoms with Crippen LogP contribution >= 0.6 is 0 Å². The van der Waals surface area contributed by atoms with Crippen LogP contribution in [0.5, 0.6) is 0 Å². The normalized spacial score (nSPS) is 17.8. The van der Waals surface area contributed by atoms with Gasteiger partial charge in [-0.1, -0.05) is 37.8 Å². The van der Waals surface area contributed by atoms with Crippen molar-refractivity contribution in [2.75, 3.05) is 0 Å². The van der Waals surface area contributed by atoms with Crippen LogP contribution in [0.25, 0.3) is 0 Å². The molecule has 0 aliphatic heterocycles. The number of aliphatic carboxylic acids is 1. The van der Waals surface area contributed by atoms with Crippen LogP contribution in [0.15, 0.2) is 24.3 Å². The van der Waals surface area contributed by atoms with E-state index in [0.717, 1.165) is 25.7 Å². The van der Waals surface area contributed by atoms with Crippen molar-refractivity contribution in [3.63, 3.8) is 0 Å². The standard InChI is InChI=1S/C16H20FNO3/c17-13-7-5-6-12(10-13)11-14(19)18-16(15(20)21)8-3-1-2-4-9-16/h5-7,10H,1-4,8-9,11H2,(H,18,19)(H,20,21). The topological polar surface area (TPSA) is 66.4 Å². The highest BCUT2D eigenvalue weighted by atomic mass is 19.1. The number of carbonyl (C=O) groups excluding carboxylic acids is 1. The van der Waals surface area contributed by atoms with Gasteiger partial charge in [-0.05, 0) is 30.5 Å². The molecule has 1 aliphatic carbocycles. The Kier molecular flexibility index (Phi) is 4.94. The fraction of sp³-hybridized carbons (Fsp3) is 0.500. The largest absolute Gasteiger partial charge is 0.480 e. The number of halogens is 1. The number of nitrogens with one attached hydrogen (secondary N) is 1. The summed E-state index contributed by atoms with van der Waals surface area (Å²) in [5, 5.41) is 12.2. The zero-order chi connectivity index (χ0) is 15.3. The van der Waals surface area contributed by atoms with Crippen molar-refractivity contribution < 1.29 is 19.1 Å². The molecule has 1 saturated carbocycles. The van der Waals surface area contributed by atoms with Gasteiger partial charge in [0.1, 0.15) is 11.4 Å². The molecule has 1 aliphatic rings. The lowest BCUT2D eigenvalue weighted by Gasteiger charge is -2.29. The molecule has 0 radical (unpaired) electrons. The molecule has 0 aromatic heterocycles. The molecule has 0 spiro atoms. The van der Waals surface area contributed by atoms with Gasteiger partial charge in [-0.2, -0.15) is 0 Å². The van der Waals surface area contributed by atoms with E-state index in [1.165, 1.54) is 18.2 Å². The van der Waals surface area contributed by atoms with Crippen molar-refractivity contribution in [3.05, 3.63) is 35.6 Å². The third-order valence-corrected chi connectivity index (χ3v) is 4.00. The molecule has 0 bridgehead atoms. The Morgan fingerprint density at radius 2 is 1.86 bits per heavy atom. The van der Waals surface area contributed by atoms with Gasteiger partial charge in [-0.25, -0.2) is 9.18 Å². The van der Waals surface area contributed by atoms with Crippen LogP contribution < -0.4 is 5.32 Å². The van der Waals surface area contributed by atoms with Gasteiger partial charge < -0.3 is 10.4 Å². The van der Waals surface area contributed by atoms with E-state index in [1.54, 1.807) is 6.07 Å². The van der Waals surface area contributed by atoms with Gasteiger partial charge in [0, 0.05) is 0 Å². The van der Waals surface area contributed by atoms with Gasteiger partial charge in [0.15, 0.2) is 0 Å². The highest BCUT2D eigenvalue weighted by Gasteiger charge is 2.39. The molecular formula is C16H20FNO3. The Hall–Kier alpha value is -1.91. The van der Waals surface area contributed by atoms with E-state index in [-0.39, 0.29) is 12.3 Å². The number of rotatable bonds is 4. The second-order valence-corrected chi connectivity index (χ2v) is 5.66. The van der Waals surface area contributed by atoms with Gasteiger partial charge in [-0.3, -0.25) is 4.79 Å². The molecule has 5 heteroatoms. The van der Waals surface area contributed by atoms with E-state index >= 15 is 0 Å². The molecule has 1 aromatic rings. The molecule has 114 valence electrons. The van der Waals surface area contributed by atoms with Crippen LogP contribution in [-0.2, 0) is 16.0 Å². The number of benzene rings is 1. The molecule has 0 atom stereocenters. The Morgan fingerprint density at radius 1 is 1.19 bits per heavy atom. The molecule has 0 heterocycles. The zero-order valence-electron chi connectivity index (χ0n) is 11.9. The van der Waals surface area contributed by atoms with Gasteiger partial charge in [-0.15, -0.1) is 0 Å². The summed E-state index contributed by atoms with van der Waals surface area (Å²) in [6.45, 7) is 0. The minimum absolute atomic E-state index is 0.00715. The van der Waals surface area contributed by atoms with Crippen molar-refractivity contribution in [1.29, 1.82) is 0 Å². The minimum atomic E-state index is -1.17. The number of carbonyl (C=O) groups is 2. The van der Waals surface area contributed by atoms with Crippen LogP contribution in [0.3, 0.4) is 0 Å². The van der Waals surface area contributed by atoms with Crippen molar-refractivity contribution in [2.45, 2.75) is 50.5 Å². The number of carboxylic acids is 1. The summed E-state index contributed by atoms with van der Waals surface area (Å²) in [7, 11) is 0. The summed E-state index contributed by atoms with van der Waals surface area (Å²) in [6.07, 6.45) is 4.49. The Balaban J connectivity index is 2.06. The molecule has 1 aromatic carbocycles. The quantitative estimate of drug-likeness (QED) is 0.839. The zero-order valence-corrected chi connectivity index (χ0v) is 11.9. The summed E-state index contributed by atoms with van der Waals surface area (Å²) in [5.41, 5.74) is -0.623. The van der Waals surface area contributed by atoms with E-state index in [9.17, 15) is 19.1 Å². The first-order chi connectivity index (χ1) is 10.0. The smallest absolute Gasteiger partial charge is 0.329 e. The van der Waals surface area contributed by atoms with Crippen LogP contribution in [0.1, 0.15) is 44.1 Å².